The van der Waals surface area contributed by atoms with Crippen LogP contribution in [0.15, 0.2) is 67.5 Å². The van der Waals surface area contributed by atoms with Gasteiger partial charge in [0.2, 0.25) is 11.6 Å². The summed E-state index contributed by atoms with van der Waals surface area (Å²) in [5.74, 6) is -1.01. The summed E-state index contributed by atoms with van der Waals surface area (Å²) < 4.78 is 41.2. The second-order valence-electron chi connectivity index (χ2n) is 15.1. The van der Waals surface area contributed by atoms with E-state index >= 15 is 0 Å². The number of hydrogen-bond donors (Lipinski definition) is 4. The van der Waals surface area contributed by atoms with Gasteiger partial charge in [-0.2, -0.15) is 9.59 Å². The van der Waals surface area contributed by atoms with Gasteiger partial charge in [-0.25, -0.2) is 27.9 Å². The third-order valence-electron chi connectivity index (χ3n) is 10.4. The van der Waals surface area contributed by atoms with Crippen molar-refractivity contribution < 1.29 is 37.4 Å². The molecule has 69 heavy (non-hydrogen) atoms. The van der Waals surface area contributed by atoms with Crippen LogP contribution in [0.5, 0.6) is 0 Å². The molecule has 0 spiro atoms. The molecular formula is C43H50Cl2F2N16O6. The van der Waals surface area contributed by atoms with E-state index in [-0.39, 0.29) is 62.0 Å². The molecule has 5 heterocycles. The fourth-order valence-corrected chi connectivity index (χ4v) is 7.72. The van der Waals surface area contributed by atoms with Crippen molar-refractivity contribution in [1.82, 2.24) is 64.4 Å². The number of rotatable bonds is 9. The number of tetrazole rings is 2. The Kier molecular flexibility index (Phi) is 17.4. The Morgan fingerprint density at radius 2 is 1.26 bits per heavy atom. The molecule has 22 nitrogen and oxygen atoms in total. The Hall–Kier alpha value is -7.57. The largest absolute Gasteiger partial charge is 0.441 e. The summed E-state index contributed by atoms with van der Waals surface area (Å²) in [6, 6.07) is 7.79. The van der Waals surface area contributed by atoms with Crippen LogP contribution in [0, 0.1) is 11.6 Å². The molecule has 5 N–H and O–H groups in total. The molecule has 0 fully saturated rings. The highest BCUT2D eigenvalue weighted by atomic mass is 35.5. The number of nitrogens with zero attached hydrogens (tertiary/aromatic N) is 12. The lowest BCUT2D eigenvalue weighted by molar-refractivity contribution is 0.101. The van der Waals surface area contributed by atoms with Crippen molar-refractivity contribution in [2.24, 2.45) is 33.9 Å². The molecule has 7 aromatic rings. The van der Waals surface area contributed by atoms with Crippen LogP contribution in [0.25, 0.3) is 0 Å². The Morgan fingerprint density at radius 3 is 1.75 bits per heavy atom. The molecule has 3 amide bonds. The van der Waals surface area contributed by atoms with Gasteiger partial charge in [-0.3, -0.25) is 9.59 Å². The highest BCUT2D eigenvalue weighted by Crippen LogP contribution is 2.36. The van der Waals surface area contributed by atoms with Crippen molar-refractivity contribution in [3.63, 3.8) is 0 Å². The minimum Gasteiger partial charge on any atom is -0.441 e. The molecule has 366 valence electrons. The van der Waals surface area contributed by atoms with Gasteiger partial charge in [-0.1, -0.05) is 38.1 Å². The topological polar surface area (TPSA) is 264 Å². The maximum Gasteiger partial charge on any atom is 0.419 e. The van der Waals surface area contributed by atoms with Crippen LogP contribution in [0.2, 0.25) is 10.0 Å². The summed E-state index contributed by atoms with van der Waals surface area (Å²) >= 11 is 11.5. The number of benzene rings is 2. The molecule has 0 saturated carbocycles. The lowest BCUT2D eigenvalue weighted by Gasteiger charge is -2.12. The third kappa shape index (κ3) is 12.7. The second kappa shape index (κ2) is 23.0. The summed E-state index contributed by atoms with van der Waals surface area (Å²) in [7, 11) is 6.82. The SMILES string of the molecule is C.C.Cn1cc2c(c1C(=O)Nc1ccc(F)c(Cl)c1)CCC2N.Cn1nnc(COC(=O)NC2CCc3c2cn(C)c3C(=O)Nc2ccc(F)c(Cl)c2)n1.Cn1nnc(COC(=O)n2ccnc2)n1. The number of imidazole rings is 1. The smallest absolute Gasteiger partial charge is 0.419 e. The van der Waals surface area contributed by atoms with Gasteiger partial charge in [0.15, 0.2) is 13.2 Å². The van der Waals surface area contributed by atoms with Crippen molar-refractivity contribution in [2.75, 3.05) is 10.6 Å². The Bertz CT molecular complexity index is 2930. The normalized spacial score (nSPS) is 14.0. The number of aryl methyl sites for hydroxylation is 4. The van der Waals surface area contributed by atoms with Crippen molar-refractivity contribution in [1.29, 1.82) is 0 Å². The Morgan fingerprint density at radius 1 is 0.754 bits per heavy atom. The molecule has 0 radical (unpaired) electrons. The summed E-state index contributed by atoms with van der Waals surface area (Å²) in [5, 5.41) is 30.7. The zero-order chi connectivity index (χ0) is 47.9. The zero-order valence-corrected chi connectivity index (χ0v) is 37.7. The van der Waals surface area contributed by atoms with Gasteiger partial charge in [0.05, 0.1) is 30.2 Å². The number of ether oxygens (including phenoxy) is 2. The molecule has 2 atom stereocenters. The van der Waals surface area contributed by atoms with Gasteiger partial charge in [-0.15, -0.1) is 20.4 Å². The van der Waals surface area contributed by atoms with E-state index in [1.807, 2.05) is 19.4 Å². The van der Waals surface area contributed by atoms with Crippen LogP contribution in [-0.4, -0.2) is 83.1 Å². The molecule has 9 rings (SSSR count). The van der Waals surface area contributed by atoms with Crippen molar-refractivity contribution >= 4 is 58.6 Å². The summed E-state index contributed by atoms with van der Waals surface area (Å²) in [5.41, 5.74) is 11.6. The quantitative estimate of drug-likeness (QED) is 0.122. The van der Waals surface area contributed by atoms with Gasteiger partial charge >= 0.3 is 12.2 Å². The van der Waals surface area contributed by atoms with E-state index in [0.717, 1.165) is 35.1 Å². The van der Waals surface area contributed by atoms with Crippen LogP contribution < -0.4 is 21.7 Å². The van der Waals surface area contributed by atoms with E-state index in [9.17, 15) is 28.0 Å². The van der Waals surface area contributed by atoms with E-state index in [1.165, 1.54) is 69.3 Å². The molecule has 2 aliphatic rings. The van der Waals surface area contributed by atoms with E-state index in [1.54, 1.807) is 30.3 Å². The van der Waals surface area contributed by atoms with Gasteiger partial charge in [-0.05, 0) is 94.8 Å². The molecule has 0 saturated heterocycles. The highest BCUT2D eigenvalue weighted by Gasteiger charge is 2.32. The van der Waals surface area contributed by atoms with E-state index < -0.39 is 23.8 Å². The average Bonchev–Trinajstić information content (AvgIpc) is 4.17. The minimum atomic E-state index is -0.610. The number of hydrogen-bond acceptors (Lipinski definition) is 14. The molecule has 2 aromatic carbocycles. The number of nitrogens with one attached hydrogen (secondary N) is 3. The second-order valence-corrected chi connectivity index (χ2v) is 15.9. The lowest BCUT2D eigenvalue weighted by atomic mass is 10.1. The first-order valence-corrected chi connectivity index (χ1v) is 21.0. The number of amides is 3. The maximum absolute atomic E-state index is 13.3. The first-order valence-electron chi connectivity index (χ1n) is 20.2. The number of halogens is 4. The van der Waals surface area contributed by atoms with Crippen molar-refractivity contribution in [3.8, 4) is 0 Å². The predicted octanol–water partition coefficient (Wildman–Crippen LogP) is 6.39. The van der Waals surface area contributed by atoms with Crippen LogP contribution in [0.4, 0.5) is 29.7 Å². The van der Waals surface area contributed by atoms with Crippen molar-refractivity contribution in [3.05, 3.63) is 134 Å². The zero-order valence-electron chi connectivity index (χ0n) is 36.2. The molecule has 26 heteroatoms. The first kappa shape index (κ1) is 52.4. The number of fused-ring (bicyclic) bond motifs is 2. The molecule has 5 aromatic heterocycles. The number of alkyl carbamates (subject to hydrolysis) is 1. The lowest BCUT2D eigenvalue weighted by Crippen LogP contribution is -2.27. The van der Waals surface area contributed by atoms with Crippen molar-refractivity contribution in [2.45, 2.75) is 65.8 Å². The number of carbonyl (C=O) groups excluding carboxylic acids is 4. The number of nitrogens with two attached hydrogens (primary N) is 1. The number of anilines is 2. The highest BCUT2D eigenvalue weighted by molar-refractivity contribution is 6.31. The fourth-order valence-electron chi connectivity index (χ4n) is 7.36. The molecule has 0 bridgehead atoms. The van der Waals surface area contributed by atoms with Gasteiger partial charge in [0, 0.05) is 56.3 Å². The van der Waals surface area contributed by atoms with Gasteiger partial charge in [0.1, 0.15) is 29.3 Å². The number of carbonyl (C=O) groups is 4. The first-order chi connectivity index (χ1) is 32.0. The Balaban J connectivity index is 0.000000203. The van der Waals surface area contributed by atoms with E-state index in [2.05, 4.69) is 51.8 Å². The minimum absolute atomic E-state index is 0. The van der Waals surface area contributed by atoms with Crippen LogP contribution >= 0.6 is 23.2 Å². The van der Waals surface area contributed by atoms with E-state index in [0.29, 0.717) is 47.3 Å². The molecule has 0 aliphatic heterocycles. The van der Waals surface area contributed by atoms with Gasteiger partial charge < -0.3 is 40.3 Å². The van der Waals surface area contributed by atoms with Gasteiger partial charge in [0.25, 0.3) is 11.8 Å². The summed E-state index contributed by atoms with van der Waals surface area (Å²) in [4.78, 5) is 55.0. The third-order valence-corrected chi connectivity index (χ3v) is 10.9. The van der Waals surface area contributed by atoms with Crippen LogP contribution in [0.1, 0.15) is 94.7 Å². The molecular weight excluding hydrogens is 945 g/mol. The summed E-state index contributed by atoms with van der Waals surface area (Å²) in [6.07, 6.45) is 9.80. The average molecular weight is 996 g/mol. The molecule has 2 unspecified atom stereocenters. The summed E-state index contributed by atoms with van der Waals surface area (Å²) in [6.45, 7) is -0.104. The van der Waals surface area contributed by atoms with Crippen LogP contribution in [0.3, 0.4) is 0 Å². The van der Waals surface area contributed by atoms with Crippen LogP contribution in [-0.2, 0) is 63.7 Å². The standard InChI is InChI=1S/C19H19ClFN7O3.C15H15ClFN3O.C7H8N6O2.2CH4/c1-27-8-12-11(17(27)18(29)22-10-3-5-14(21)13(20)7-10)4-6-15(12)23-19(30)31-9-16-24-26-28(2)25-16;1-20-7-10-9(3-5-13(10)18)14(20)15(21)19-8-2-4-12(17)11(16)6-8;1-12-10-6(9-11-12)4-15-7(14)13-3-2-8-5-13;;/h3,5,7-8,15H,4,6,9H2,1-2H3,(H,22,29)(H,23,30);2,4,6-7,13H,3,5,18H2,1H3,(H,19,21);2-3,5H,4H2,1H3;2*1H4. The Labute approximate surface area is 404 Å². The number of aromatic nitrogens is 12. The molecule has 2 aliphatic carbocycles. The predicted molar refractivity (Wildman–Crippen MR) is 248 cm³/mol. The maximum atomic E-state index is 13.3. The van der Waals surface area contributed by atoms with E-state index in [4.69, 9.17) is 38.4 Å². The fraction of sp³-hybridized carbons (Fsp3) is 0.326. The monoisotopic (exact) mass is 994 g/mol.